The Balaban J connectivity index is 3.76. The third-order valence-electron chi connectivity index (χ3n) is 2.95. The van der Waals surface area contributed by atoms with Crippen molar-refractivity contribution >= 4 is 0 Å². The first-order valence-corrected chi connectivity index (χ1v) is 7.09. The summed E-state index contributed by atoms with van der Waals surface area (Å²) >= 11 is 0. The van der Waals surface area contributed by atoms with Gasteiger partial charge in [-0.25, -0.2) is 0 Å². The lowest BCUT2D eigenvalue weighted by molar-refractivity contribution is 0.00412. The Morgan fingerprint density at radius 2 is 1.79 bits per heavy atom. The quantitative estimate of drug-likeness (QED) is 0.487. The molecule has 5 heteroatoms. The molecule has 0 bridgehead atoms. The molecule has 0 saturated heterocycles. The van der Waals surface area contributed by atoms with Crippen LogP contribution in [-0.4, -0.2) is 61.9 Å². The maximum Gasteiger partial charge on any atom is 0.0897 e. The molecule has 0 radical (unpaired) electrons. The van der Waals surface area contributed by atoms with E-state index < -0.39 is 6.10 Å². The van der Waals surface area contributed by atoms with Gasteiger partial charge in [0.1, 0.15) is 0 Å². The smallest absolute Gasteiger partial charge is 0.0897 e. The number of ether oxygens (including phenoxy) is 2. The molecule has 0 aromatic carbocycles. The van der Waals surface area contributed by atoms with Crippen LogP contribution in [0.25, 0.3) is 0 Å². The van der Waals surface area contributed by atoms with Crippen LogP contribution >= 0.6 is 0 Å². The predicted molar refractivity (Wildman–Crippen MR) is 76.3 cm³/mol. The molecule has 0 spiro atoms. The van der Waals surface area contributed by atoms with E-state index in [-0.39, 0.29) is 18.1 Å². The van der Waals surface area contributed by atoms with Crippen LogP contribution in [0.4, 0.5) is 0 Å². The van der Waals surface area contributed by atoms with Crippen LogP contribution in [0, 0.1) is 5.41 Å². The van der Waals surface area contributed by atoms with Crippen LogP contribution in [0.2, 0.25) is 0 Å². The van der Waals surface area contributed by atoms with E-state index in [1.54, 1.807) is 0 Å². The molecule has 5 nitrogen and oxygen atoms in total. The van der Waals surface area contributed by atoms with Crippen LogP contribution in [0.15, 0.2) is 0 Å². The first-order valence-electron chi connectivity index (χ1n) is 7.09. The first-order chi connectivity index (χ1) is 8.91. The van der Waals surface area contributed by atoms with Gasteiger partial charge in [-0.3, -0.25) is 0 Å². The number of hydrogen-bond acceptors (Lipinski definition) is 5. The molecule has 0 rings (SSSR count). The molecule has 0 aromatic heterocycles. The van der Waals surface area contributed by atoms with E-state index in [2.05, 4.69) is 26.1 Å². The molecule has 0 saturated carbocycles. The van der Waals surface area contributed by atoms with Gasteiger partial charge in [0.05, 0.1) is 25.9 Å². The van der Waals surface area contributed by atoms with Gasteiger partial charge in [-0.1, -0.05) is 20.8 Å². The summed E-state index contributed by atoms with van der Waals surface area (Å²) in [6.45, 7) is 11.0. The molecule has 0 aliphatic carbocycles. The van der Waals surface area contributed by atoms with Crippen LogP contribution in [-0.2, 0) is 9.47 Å². The van der Waals surface area contributed by atoms with Crippen molar-refractivity contribution in [3.63, 3.8) is 0 Å². The Bertz CT molecular complexity index is 206. The molecule has 0 aliphatic heterocycles. The molecule has 0 heterocycles. The molecule has 2 unspecified atom stereocenters. The SMILES string of the molecule is CCOCCOCC(O)CNC(CCO)C(C)(C)C. The topological polar surface area (TPSA) is 71.0 Å². The first kappa shape index (κ1) is 18.8. The zero-order valence-electron chi connectivity index (χ0n) is 12.8. The van der Waals surface area contributed by atoms with Crippen LogP contribution in [0.3, 0.4) is 0 Å². The van der Waals surface area contributed by atoms with Gasteiger partial charge in [-0.15, -0.1) is 0 Å². The number of nitrogens with one attached hydrogen (secondary N) is 1. The fourth-order valence-electron chi connectivity index (χ4n) is 1.79. The van der Waals surface area contributed by atoms with Gasteiger partial charge < -0.3 is 25.0 Å². The van der Waals surface area contributed by atoms with Crippen molar-refractivity contribution in [1.82, 2.24) is 5.32 Å². The molecule has 3 N–H and O–H groups in total. The minimum absolute atomic E-state index is 0.0538. The second-order valence-corrected chi connectivity index (χ2v) is 5.76. The molecular weight excluding hydrogens is 246 g/mol. The summed E-state index contributed by atoms with van der Waals surface area (Å²) in [5.74, 6) is 0. The maximum absolute atomic E-state index is 9.80. The average molecular weight is 277 g/mol. The number of aliphatic hydroxyl groups excluding tert-OH is 2. The van der Waals surface area contributed by atoms with Crippen LogP contribution < -0.4 is 5.32 Å². The minimum Gasteiger partial charge on any atom is -0.396 e. The van der Waals surface area contributed by atoms with E-state index in [4.69, 9.17) is 14.6 Å². The molecule has 2 atom stereocenters. The van der Waals surface area contributed by atoms with Crippen molar-refractivity contribution in [2.45, 2.75) is 46.3 Å². The molecule has 0 aromatic rings. The largest absolute Gasteiger partial charge is 0.396 e. The summed E-state index contributed by atoms with van der Waals surface area (Å²) in [5.41, 5.74) is 0.0538. The van der Waals surface area contributed by atoms with Crippen molar-refractivity contribution in [3.8, 4) is 0 Å². The van der Waals surface area contributed by atoms with Gasteiger partial charge in [0.2, 0.25) is 0 Å². The lowest BCUT2D eigenvalue weighted by Crippen LogP contribution is -2.45. The van der Waals surface area contributed by atoms with Crippen molar-refractivity contribution in [3.05, 3.63) is 0 Å². The van der Waals surface area contributed by atoms with Crippen molar-refractivity contribution in [2.75, 3.05) is 39.6 Å². The molecule has 19 heavy (non-hydrogen) atoms. The summed E-state index contributed by atoms with van der Waals surface area (Å²) < 4.78 is 10.5. The lowest BCUT2D eigenvalue weighted by Gasteiger charge is -2.32. The number of hydrogen-bond donors (Lipinski definition) is 3. The normalized spacial score (nSPS) is 15.5. The monoisotopic (exact) mass is 277 g/mol. The van der Waals surface area contributed by atoms with E-state index in [0.29, 0.717) is 39.4 Å². The van der Waals surface area contributed by atoms with Crippen LogP contribution in [0.1, 0.15) is 34.1 Å². The molecule has 0 amide bonds. The average Bonchev–Trinajstić information content (AvgIpc) is 2.32. The zero-order chi connectivity index (χ0) is 14.7. The lowest BCUT2D eigenvalue weighted by atomic mass is 9.85. The van der Waals surface area contributed by atoms with Crippen LogP contribution in [0.5, 0.6) is 0 Å². The van der Waals surface area contributed by atoms with Gasteiger partial charge in [-0.05, 0) is 18.8 Å². The second-order valence-electron chi connectivity index (χ2n) is 5.76. The number of rotatable bonds is 11. The highest BCUT2D eigenvalue weighted by molar-refractivity contribution is 4.81. The van der Waals surface area contributed by atoms with E-state index >= 15 is 0 Å². The van der Waals surface area contributed by atoms with E-state index in [1.807, 2.05) is 6.92 Å². The predicted octanol–water partition coefficient (Wildman–Crippen LogP) is 0.787. The molecular formula is C14H31NO4. The Hall–Kier alpha value is -0.200. The highest BCUT2D eigenvalue weighted by Crippen LogP contribution is 2.21. The van der Waals surface area contributed by atoms with Gasteiger partial charge in [0, 0.05) is 25.8 Å². The Kier molecular flexibility index (Phi) is 10.5. The van der Waals surface area contributed by atoms with Gasteiger partial charge >= 0.3 is 0 Å². The highest BCUT2D eigenvalue weighted by atomic mass is 16.5. The van der Waals surface area contributed by atoms with Gasteiger partial charge in [0.15, 0.2) is 0 Å². The highest BCUT2D eigenvalue weighted by Gasteiger charge is 2.24. The summed E-state index contributed by atoms with van der Waals surface area (Å²) in [5, 5.41) is 22.1. The van der Waals surface area contributed by atoms with E-state index in [1.165, 1.54) is 0 Å². The van der Waals surface area contributed by atoms with E-state index in [0.717, 1.165) is 0 Å². The van der Waals surface area contributed by atoms with Gasteiger partial charge in [0.25, 0.3) is 0 Å². The summed E-state index contributed by atoms with van der Waals surface area (Å²) in [4.78, 5) is 0. The molecule has 0 aliphatic rings. The Labute approximate surface area is 117 Å². The van der Waals surface area contributed by atoms with Crippen molar-refractivity contribution in [2.24, 2.45) is 5.41 Å². The van der Waals surface area contributed by atoms with Gasteiger partial charge in [-0.2, -0.15) is 0 Å². The minimum atomic E-state index is -0.537. The summed E-state index contributed by atoms with van der Waals surface area (Å²) in [6.07, 6.45) is 0.145. The fraction of sp³-hybridized carbons (Fsp3) is 1.00. The standard InChI is InChI=1S/C14H31NO4/c1-5-18-8-9-19-11-12(17)10-15-13(6-7-16)14(2,3)4/h12-13,15-17H,5-11H2,1-4H3. The Morgan fingerprint density at radius 1 is 1.16 bits per heavy atom. The Morgan fingerprint density at radius 3 is 2.32 bits per heavy atom. The fourth-order valence-corrected chi connectivity index (χ4v) is 1.79. The van der Waals surface area contributed by atoms with Crippen molar-refractivity contribution in [1.29, 1.82) is 0 Å². The van der Waals surface area contributed by atoms with Crippen molar-refractivity contribution < 1.29 is 19.7 Å². The summed E-state index contributed by atoms with van der Waals surface area (Å²) in [6, 6.07) is 0.176. The maximum atomic E-state index is 9.80. The third-order valence-corrected chi connectivity index (χ3v) is 2.95. The molecule has 0 fully saturated rings. The van der Waals surface area contributed by atoms with E-state index in [9.17, 15) is 5.11 Å². The zero-order valence-corrected chi connectivity index (χ0v) is 12.8. The molecule has 116 valence electrons. The number of aliphatic hydroxyl groups is 2. The third kappa shape index (κ3) is 10.3. The second kappa shape index (κ2) is 10.6. The summed E-state index contributed by atoms with van der Waals surface area (Å²) in [7, 11) is 0.